The lowest BCUT2D eigenvalue weighted by Crippen LogP contribution is -2.43. The van der Waals surface area contributed by atoms with Crippen LogP contribution in [0.4, 0.5) is 0 Å². The zero-order chi connectivity index (χ0) is 13.3. The molecule has 100 valence electrons. The highest BCUT2D eigenvalue weighted by atomic mass is 32.2. The highest BCUT2D eigenvalue weighted by Crippen LogP contribution is 2.33. The van der Waals surface area contributed by atoms with Crippen LogP contribution < -0.4 is 0 Å². The van der Waals surface area contributed by atoms with Crippen molar-refractivity contribution in [3.05, 3.63) is 3.95 Å². The van der Waals surface area contributed by atoms with Gasteiger partial charge in [0.15, 0.2) is 8.29 Å². The minimum absolute atomic E-state index is 0.0186. The van der Waals surface area contributed by atoms with Gasteiger partial charge in [-0.3, -0.25) is 9.89 Å². The molecule has 7 heteroatoms. The number of nitrogens with zero attached hydrogens (tertiary/aromatic N) is 2. The summed E-state index contributed by atoms with van der Waals surface area (Å²) in [7, 11) is 0. The Balaban J connectivity index is 1.94. The van der Waals surface area contributed by atoms with E-state index in [0.29, 0.717) is 15.6 Å². The highest BCUT2D eigenvalue weighted by Gasteiger charge is 2.38. The maximum Gasteiger partial charge on any atom is 0.233 e. The zero-order valence-corrected chi connectivity index (χ0v) is 13.2. The molecule has 1 aromatic rings. The molecule has 1 atom stereocenters. The molecule has 1 aromatic heterocycles. The van der Waals surface area contributed by atoms with Crippen molar-refractivity contribution in [2.24, 2.45) is 5.92 Å². The third kappa shape index (κ3) is 3.13. The standard InChI is InChI=1S/C11H17N3OS3/c1-7-4-11(2,3)14(5-7)8(15)6-17-10-13-12-9(16)18-10/h7H,4-6H2,1-3H3,(H,12,16)/t7-/m1/s1. The van der Waals surface area contributed by atoms with Crippen LogP contribution >= 0.6 is 35.3 Å². The lowest BCUT2D eigenvalue weighted by molar-refractivity contribution is -0.131. The highest BCUT2D eigenvalue weighted by molar-refractivity contribution is 8.01. The first-order valence-electron chi connectivity index (χ1n) is 5.87. The SMILES string of the molecule is C[C@H]1CN(C(=O)CSc2n[nH]c(=S)s2)C(C)(C)C1. The minimum atomic E-state index is -0.0186. The van der Waals surface area contributed by atoms with Gasteiger partial charge in [0.05, 0.1) is 5.75 Å². The summed E-state index contributed by atoms with van der Waals surface area (Å²) >= 11 is 7.83. The topological polar surface area (TPSA) is 49.0 Å². The summed E-state index contributed by atoms with van der Waals surface area (Å²) in [6.07, 6.45) is 1.07. The van der Waals surface area contributed by atoms with E-state index in [0.717, 1.165) is 17.3 Å². The van der Waals surface area contributed by atoms with Crippen molar-refractivity contribution in [1.29, 1.82) is 0 Å². The van der Waals surface area contributed by atoms with Crippen LogP contribution in [-0.4, -0.2) is 38.8 Å². The van der Waals surface area contributed by atoms with E-state index in [1.165, 1.54) is 23.1 Å². The Morgan fingerprint density at radius 3 is 2.94 bits per heavy atom. The summed E-state index contributed by atoms with van der Waals surface area (Å²) in [5.41, 5.74) is -0.0186. The van der Waals surface area contributed by atoms with Crippen LogP contribution in [-0.2, 0) is 4.79 Å². The third-order valence-electron chi connectivity index (χ3n) is 3.11. The van der Waals surface area contributed by atoms with Crippen molar-refractivity contribution >= 4 is 41.2 Å². The van der Waals surface area contributed by atoms with E-state index in [2.05, 4.69) is 31.0 Å². The van der Waals surface area contributed by atoms with Crippen molar-refractivity contribution in [2.75, 3.05) is 12.3 Å². The first-order chi connectivity index (χ1) is 8.38. The molecule has 1 amide bonds. The molecule has 1 aliphatic heterocycles. The molecule has 0 unspecified atom stereocenters. The lowest BCUT2D eigenvalue weighted by Gasteiger charge is -2.31. The molecule has 4 nitrogen and oxygen atoms in total. The number of carbonyl (C=O) groups is 1. The van der Waals surface area contributed by atoms with E-state index >= 15 is 0 Å². The van der Waals surface area contributed by atoms with Crippen LogP contribution in [0.25, 0.3) is 0 Å². The second-order valence-corrected chi connectivity index (χ2v) is 8.18. The summed E-state index contributed by atoms with van der Waals surface area (Å²) < 4.78 is 1.48. The number of thioether (sulfide) groups is 1. The van der Waals surface area contributed by atoms with Crippen molar-refractivity contribution < 1.29 is 4.79 Å². The predicted molar refractivity (Wildman–Crippen MR) is 77.6 cm³/mol. The number of hydrogen-bond acceptors (Lipinski definition) is 5. The summed E-state index contributed by atoms with van der Waals surface area (Å²) in [4.78, 5) is 14.2. The monoisotopic (exact) mass is 303 g/mol. The van der Waals surface area contributed by atoms with Crippen LogP contribution in [0.2, 0.25) is 0 Å². The molecule has 2 rings (SSSR count). The fourth-order valence-corrected chi connectivity index (χ4v) is 4.46. The van der Waals surface area contributed by atoms with Crippen LogP contribution in [0, 0.1) is 9.87 Å². The van der Waals surface area contributed by atoms with Gasteiger partial charge in [0.2, 0.25) is 5.91 Å². The zero-order valence-electron chi connectivity index (χ0n) is 10.7. The van der Waals surface area contributed by atoms with E-state index in [9.17, 15) is 4.79 Å². The van der Waals surface area contributed by atoms with Gasteiger partial charge in [-0.25, -0.2) is 0 Å². The van der Waals surface area contributed by atoms with Crippen molar-refractivity contribution in [3.63, 3.8) is 0 Å². The molecule has 0 saturated carbocycles. The van der Waals surface area contributed by atoms with Crippen LogP contribution in [0.15, 0.2) is 4.34 Å². The van der Waals surface area contributed by atoms with Gasteiger partial charge in [-0.1, -0.05) is 30.0 Å². The first-order valence-corrected chi connectivity index (χ1v) is 8.08. The summed E-state index contributed by atoms with van der Waals surface area (Å²) in [5, 5.41) is 6.77. The van der Waals surface area contributed by atoms with Gasteiger partial charge in [0.25, 0.3) is 0 Å². The van der Waals surface area contributed by atoms with Gasteiger partial charge < -0.3 is 4.90 Å². The molecule has 0 bridgehead atoms. The molecule has 18 heavy (non-hydrogen) atoms. The maximum absolute atomic E-state index is 12.2. The third-order valence-corrected chi connectivity index (χ3v) is 5.33. The molecular formula is C11H17N3OS3. The van der Waals surface area contributed by atoms with Gasteiger partial charge in [0, 0.05) is 12.1 Å². The van der Waals surface area contributed by atoms with E-state index < -0.39 is 0 Å². The van der Waals surface area contributed by atoms with Gasteiger partial charge in [-0.2, -0.15) is 5.10 Å². The lowest BCUT2D eigenvalue weighted by atomic mass is 9.98. The molecule has 0 radical (unpaired) electrons. The molecule has 1 aliphatic rings. The molecule has 0 aliphatic carbocycles. The van der Waals surface area contributed by atoms with Crippen molar-refractivity contribution in [3.8, 4) is 0 Å². The average Bonchev–Trinajstić information content (AvgIpc) is 2.78. The number of nitrogens with one attached hydrogen (secondary N) is 1. The van der Waals surface area contributed by atoms with Crippen molar-refractivity contribution in [1.82, 2.24) is 15.1 Å². The molecule has 0 aromatic carbocycles. The molecular weight excluding hydrogens is 286 g/mol. The Hall–Kier alpha value is -0.400. The Kier molecular flexibility index (Phi) is 4.13. The minimum Gasteiger partial charge on any atom is -0.337 e. The maximum atomic E-state index is 12.2. The molecule has 1 N–H and O–H groups in total. The van der Waals surface area contributed by atoms with Gasteiger partial charge in [0.1, 0.15) is 0 Å². The van der Waals surface area contributed by atoms with E-state index in [-0.39, 0.29) is 11.4 Å². The fraction of sp³-hybridized carbons (Fsp3) is 0.727. The number of rotatable bonds is 3. The summed E-state index contributed by atoms with van der Waals surface area (Å²) in [6.45, 7) is 7.33. The molecule has 2 heterocycles. The summed E-state index contributed by atoms with van der Waals surface area (Å²) in [5.74, 6) is 1.21. The number of amides is 1. The quantitative estimate of drug-likeness (QED) is 0.689. The van der Waals surface area contributed by atoms with Crippen LogP contribution in [0.1, 0.15) is 27.2 Å². The average molecular weight is 303 g/mol. The normalized spacial score (nSPS) is 22.4. The van der Waals surface area contributed by atoms with Crippen molar-refractivity contribution in [2.45, 2.75) is 37.1 Å². The van der Waals surface area contributed by atoms with Gasteiger partial charge >= 0.3 is 0 Å². The van der Waals surface area contributed by atoms with Crippen LogP contribution in [0.3, 0.4) is 0 Å². The predicted octanol–water partition coefficient (Wildman–Crippen LogP) is 2.94. The van der Waals surface area contributed by atoms with E-state index in [4.69, 9.17) is 12.2 Å². The summed E-state index contributed by atoms with van der Waals surface area (Å²) in [6, 6.07) is 0. The first kappa shape index (κ1) is 14.0. The Labute approximate surface area is 120 Å². The fourth-order valence-electron chi connectivity index (χ4n) is 2.51. The largest absolute Gasteiger partial charge is 0.337 e. The smallest absolute Gasteiger partial charge is 0.233 e. The van der Waals surface area contributed by atoms with E-state index in [1.54, 1.807) is 0 Å². The number of H-pyrrole nitrogens is 1. The molecule has 1 fully saturated rings. The molecule has 1 saturated heterocycles. The Bertz CT molecular complexity index is 494. The van der Waals surface area contributed by atoms with Gasteiger partial charge in [-0.15, -0.1) is 0 Å². The van der Waals surface area contributed by atoms with Crippen LogP contribution in [0.5, 0.6) is 0 Å². The number of aromatic nitrogens is 2. The van der Waals surface area contributed by atoms with Gasteiger partial charge in [-0.05, 0) is 38.4 Å². The number of aromatic amines is 1. The second kappa shape index (κ2) is 5.30. The Morgan fingerprint density at radius 1 is 1.72 bits per heavy atom. The second-order valence-electron chi connectivity index (χ2n) is 5.29. The Morgan fingerprint density at radius 2 is 2.44 bits per heavy atom. The molecule has 0 spiro atoms. The number of likely N-dealkylation sites (tertiary alicyclic amines) is 1. The number of hydrogen-bond donors (Lipinski definition) is 1. The number of carbonyl (C=O) groups excluding carboxylic acids is 1. The van der Waals surface area contributed by atoms with E-state index in [1.807, 2.05) is 4.90 Å².